The molecule has 1 unspecified atom stereocenters. The topological polar surface area (TPSA) is 37.3 Å². The van der Waals surface area contributed by atoms with Crippen LogP contribution in [0, 0.1) is 22.2 Å². The van der Waals surface area contributed by atoms with Crippen molar-refractivity contribution < 1.29 is 9.90 Å². The van der Waals surface area contributed by atoms with Crippen molar-refractivity contribution in [2.24, 2.45) is 22.2 Å². The molecule has 0 aromatic heterocycles. The van der Waals surface area contributed by atoms with Gasteiger partial charge in [0, 0.05) is 0 Å². The van der Waals surface area contributed by atoms with E-state index < -0.39 is 11.4 Å². The molecule has 0 aromatic rings. The highest BCUT2D eigenvalue weighted by Gasteiger charge is 2.62. The molecule has 0 spiro atoms. The van der Waals surface area contributed by atoms with Crippen LogP contribution in [0.5, 0.6) is 0 Å². The number of carboxylic acid groups (broad SMARTS) is 1. The lowest BCUT2D eigenvalue weighted by Crippen LogP contribution is -2.48. The van der Waals surface area contributed by atoms with Gasteiger partial charge >= 0.3 is 5.97 Å². The van der Waals surface area contributed by atoms with Crippen LogP contribution in [0.3, 0.4) is 0 Å². The Bertz CT molecular complexity index is 321. The van der Waals surface area contributed by atoms with E-state index in [0.29, 0.717) is 11.3 Å². The zero-order chi connectivity index (χ0) is 12.2. The molecule has 2 rings (SSSR count). The summed E-state index contributed by atoms with van der Waals surface area (Å²) >= 11 is 0. The van der Waals surface area contributed by atoms with E-state index in [-0.39, 0.29) is 5.41 Å². The maximum atomic E-state index is 11.6. The largest absolute Gasteiger partial charge is 0.481 e. The summed E-state index contributed by atoms with van der Waals surface area (Å²) in [7, 11) is 0. The first kappa shape index (κ1) is 11.9. The number of fused-ring (bicyclic) bond motifs is 1. The minimum Gasteiger partial charge on any atom is -0.481 e. The lowest BCUT2D eigenvalue weighted by Gasteiger charge is -2.52. The molecule has 0 aliphatic heterocycles. The minimum atomic E-state index is -0.588. The van der Waals surface area contributed by atoms with Crippen molar-refractivity contribution in [1.29, 1.82) is 0 Å². The second-order valence-corrected chi connectivity index (χ2v) is 6.99. The number of carbonyl (C=O) groups is 1. The Hall–Kier alpha value is -0.530. The fourth-order valence-corrected chi connectivity index (χ4v) is 4.56. The van der Waals surface area contributed by atoms with E-state index in [1.54, 1.807) is 0 Å². The Labute approximate surface area is 98.4 Å². The Morgan fingerprint density at radius 1 is 1.12 bits per heavy atom. The molecule has 1 N–H and O–H groups in total. The van der Waals surface area contributed by atoms with E-state index in [2.05, 4.69) is 20.8 Å². The number of hydrogen-bond acceptors (Lipinski definition) is 1. The molecule has 2 fully saturated rings. The van der Waals surface area contributed by atoms with E-state index >= 15 is 0 Å². The van der Waals surface area contributed by atoms with Crippen molar-refractivity contribution in [3.05, 3.63) is 0 Å². The zero-order valence-electron chi connectivity index (χ0n) is 11.0. The van der Waals surface area contributed by atoms with Gasteiger partial charge in [0.25, 0.3) is 0 Å². The molecule has 0 amide bonds. The first-order valence-electron chi connectivity index (χ1n) is 6.47. The Kier molecular flexibility index (Phi) is 2.42. The summed E-state index contributed by atoms with van der Waals surface area (Å²) in [6.45, 7) is 8.84. The fourth-order valence-electron chi connectivity index (χ4n) is 4.56. The van der Waals surface area contributed by atoms with Gasteiger partial charge in [-0.05, 0) is 49.4 Å². The first-order chi connectivity index (χ1) is 7.24. The van der Waals surface area contributed by atoms with Gasteiger partial charge in [-0.3, -0.25) is 4.79 Å². The van der Waals surface area contributed by atoms with Crippen LogP contribution >= 0.6 is 0 Å². The Morgan fingerprint density at radius 3 is 2.31 bits per heavy atom. The van der Waals surface area contributed by atoms with Crippen molar-refractivity contribution >= 4 is 5.97 Å². The minimum absolute atomic E-state index is 0.000579. The molecular formula is C14H24O2. The summed E-state index contributed by atoms with van der Waals surface area (Å²) < 4.78 is 0. The summed E-state index contributed by atoms with van der Waals surface area (Å²) in [6, 6.07) is 0. The Morgan fingerprint density at radius 2 is 1.75 bits per heavy atom. The molecule has 2 heteroatoms. The zero-order valence-corrected chi connectivity index (χ0v) is 11.0. The number of aliphatic carboxylic acids is 1. The highest BCUT2D eigenvalue weighted by atomic mass is 16.4. The van der Waals surface area contributed by atoms with Gasteiger partial charge in [-0.15, -0.1) is 0 Å². The molecule has 16 heavy (non-hydrogen) atoms. The highest BCUT2D eigenvalue weighted by molar-refractivity contribution is 5.76. The smallest absolute Gasteiger partial charge is 0.309 e. The molecule has 0 radical (unpaired) electrons. The predicted molar refractivity (Wildman–Crippen MR) is 64.2 cm³/mol. The van der Waals surface area contributed by atoms with Crippen molar-refractivity contribution in [2.45, 2.75) is 59.8 Å². The number of rotatable bonds is 1. The van der Waals surface area contributed by atoms with E-state index in [9.17, 15) is 9.90 Å². The Balaban J connectivity index is 2.42. The van der Waals surface area contributed by atoms with Crippen LogP contribution in [0.2, 0.25) is 0 Å². The van der Waals surface area contributed by atoms with E-state index in [1.165, 1.54) is 12.8 Å². The van der Waals surface area contributed by atoms with Crippen LogP contribution in [-0.2, 0) is 4.79 Å². The van der Waals surface area contributed by atoms with Gasteiger partial charge in [-0.25, -0.2) is 0 Å². The maximum absolute atomic E-state index is 11.6. The van der Waals surface area contributed by atoms with Gasteiger partial charge in [0.05, 0.1) is 5.41 Å². The normalized spacial score (nSPS) is 46.4. The quantitative estimate of drug-likeness (QED) is 0.737. The first-order valence-corrected chi connectivity index (χ1v) is 6.47. The van der Waals surface area contributed by atoms with Crippen LogP contribution < -0.4 is 0 Å². The second-order valence-electron chi connectivity index (χ2n) is 6.99. The van der Waals surface area contributed by atoms with Crippen LogP contribution in [0.25, 0.3) is 0 Å². The van der Waals surface area contributed by atoms with Crippen LogP contribution in [0.15, 0.2) is 0 Å². The molecule has 92 valence electrons. The summed E-state index contributed by atoms with van der Waals surface area (Å²) in [6.07, 6.45) is 5.47. The average Bonchev–Trinajstić information content (AvgIpc) is 2.41. The van der Waals surface area contributed by atoms with Crippen LogP contribution in [0.4, 0.5) is 0 Å². The third-order valence-electron chi connectivity index (χ3n) is 5.90. The molecule has 0 heterocycles. The number of carboxylic acids is 1. The molecule has 2 saturated carbocycles. The lowest BCUT2D eigenvalue weighted by atomic mass is 9.52. The summed E-state index contributed by atoms with van der Waals surface area (Å²) in [5.41, 5.74) is -0.184. The third-order valence-corrected chi connectivity index (χ3v) is 5.90. The maximum Gasteiger partial charge on any atom is 0.309 e. The van der Waals surface area contributed by atoms with Crippen molar-refractivity contribution in [3.63, 3.8) is 0 Å². The predicted octanol–water partition coefficient (Wildman–Crippen LogP) is 3.70. The lowest BCUT2D eigenvalue weighted by molar-refractivity contribution is -0.159. The van der Waals surface area contributed by atoms with E-state index in [1.807, 2.05) is 6.92 Å². The molecular weight excluding hydrogens is 200 g/mol. The summed E-state index contributed by atoms with van der Waals surface area (Å²) in [5.74, 6) is -0.00921. The van der Waals surface area contributed by atoms with Crippen molar-refractivity contribution in [1.82, 2.24) is 0 Å². The van der Waals surface area contributed by atoms with Gasteiger partial charge in [-0.1, -0.05) is 27.2 Å². The molecule has 0 saturated heterocycles. The molecule has 0 bridgehead atoms. The number of hydrogen-bond donors (Lipinski definition) is 1. The molecule has 2 aliphatic carbocycles. The van der Waals surface area contributed by atoms with E-state index in [4.69, 9.17) is 0 Å². The van der Waals surface area contributed by atoms with Gasteiger partial charge in [0.1, 0.15) is 0 Å². The van der Waals surface area contributed by atoms with E-state index in [0.717, 1.165) is 19.3 Å². The highest BCUT2D eigenvalue weighted by Crippen LogP contribution is 2.66. The van der Waals surface area contributed by atoms with Gasteiger partial charge in [0.2, 0.25) is 0 Å². The summed E-state index contributed by atoms with van der Waals surface area (Å²) in [5, 5.41) is 9.55. The van der Waals surface area contributed by atoms with Gasteiger partial charge < -0.3 is 5.11 Å². The SMILES string of the molecule is CC1(C)CCC[C@@]2(C)C1CC[C@@]2(C)C(=O)O. The average molecular weight is 224 g/mol. The van der Waals surface area contributed by atoms with Gasteiger partial charge in [-0.2, -0.15) is 0 Å². The van der Waals surface area contributed by atoms with Crippen LogP contribution in [-0.4, -0.2) is 11.1 Å². The van der Waals surface area contributed by atoms with Crippen molar-refractivity contribution in [2.75, 3.05) is 0 Å². The fraction of sp³-hybridized carbons (Fsp3) is 0.929. The van der Waals surface area contributed by atoms with Crippen LogP contribution in [0.1, 0.15) is 59.8 Å². The standard InChI is InChI=1S/C14H24O2/c1-12(2)7-5-8-13(3)10(12)6-9-14(13,4)11(15)16/h10H,5-9H2,1-4H3,(H,15,16)/t10?,13-,14-/m0/s1. The molecule has 2 aliphatic rings. The van der Waals surface area contributed by atoms with Crippen molar-refractivity contribution in [3.8, 4) is 0 Å². The molecule has 3 atom stereocenters. The van der Waals surface area contributed by atoms with Gasteiger partial charge in [0.15, 0.2) is 0 Å². The third kappa shape index (κ3) is 1.28. The summed E-state index contributed by atoms with van der Waals surface area (Å²) in [4.78, 5) is 11.6. The molecule has 2 nitrogen and oxygen atoms in total. The molecule has 0 aromatic carbocycles. The monoisotopic (exact) mass is 224 g/mol. The second kappa shape index (κ2) is 3.24.